The average molecular weight is 527 g/mol. The van der Waals surface area contributed by atoms with Gasteiger partial charge in [-0.05, 0) is 61.9 Å². The number of nitrogens with zero attached hydrogens (tertiary/aromatic N) is 1. The van der Waals surface area contributed by atoms with Crippen LogP contribution in [0.25, 0.3) is 11.0 Å². The van der Waals surface area contributed by atoms with Crippen LogP contribution in [-0.4, -0.2) is 35.9 Å². The van der Waals surface area contributed by atoms with Gasteiger partial charge in [-0.15, -0.1) is 13.2 Å². The lowest BCUT2D eigenvalue weighted by Gasteiger charge is -2.16. The number of benzene rings is 3. The second-order valence-electron chi connectivity index (χ2n) is 7.52. The molecule has 192 valence electrons. The van der Waals surface area contributed by atoms with Crippen molar-refractivity contribution < 1.29 is 40.0 Å². The molecule has 0 saturated heterocycles. The van der Waals surface area contributed by atoms with Crippen LogP contribution in [0.2, 0.25) is 0 Å². The quantitative estimate of drug-likeness (QED) is 0.237. The minimum Gasteiger partial charge on any atom is -0.406 e. The molecule has 0 aliphatic carbocycles. The summed E-state index contributed by atoms with van der Waals surface area (Å²) in [5.74, 6) is -0.283. The summed E-state index contributed by atoms with van der Waals surface area (Å²) in [6.45, 7) is 3.99. The van der Waals surface area contributed by atoms with E-state index in [9.17, 15) is 26.0 Å². The average Bonchev–Trinajstić information content (AvgIpc) is 3.20. The first-order valence-corrected chi connectivity index (χ1v) is 12.0. The third-order valence-electron chi connectivity index (χ3n) is 4.78. The van der Waals surface area contributed by atoms with Crippen LogP contribution in [0.1, 0.15) is 30.0 Å². The van der Waals surface area contributed by atoms with E-state index in [0.29, 0.717) is 29.0 Å². The molecule has 0 saturated carbocycles. The number of imidazole rings is 1. The Morgan fingerprint density at radius 3 is 2.22 bits per heavy atom. The Morgan fingerprint density at radius 2 is 1.67 bits per heavy atom. The van der Waals surface area contributed by atoms with Crippen molar-refractivity contribution in [3.8, 4) is 5.75 Å². The Labute approximate surface area is 204 Å². The van der Waals surface area contributed by atoms with Crippen molar-refractivity contribution in [2.75, 3.05) is 6.61 Å². The Bertz CT molecular complexity index is 1400. The molecule has 3 aromatic carbocycles. The van der Waals surface area contributed by atoms with Crippen LogP contribution < -0.4 is 4.74 Å². The van der Waals surface area contributed by atoms with Gasteiger partial charge in [-0.25, -0.2) is 9.37 Å². The highest BCUT2D eigenvalue weighted by Crippen LogP contribution is 2.29. The molecular formula is C24H22F4N2O5S. The summed E-state index contributed by atoms with van der Waals surface area (Å²) in [5, 5.41) is 0. The van der Waals surface area contributed by atoms with Crippen LogP contribution in [0.5, 0.6) is 5.75 Å². The van der Waals surface area contributed by atoms with Gasteiger partial charge in [0.05, 0.1) is 15.9 Å². The Kier molecular flexibility index (Phi) is 8.33. The topological polar surface area (TPSA) is 102 Å². The molecule has 0 aliphatic heterocycles. The van der Waals surface area contributed by atoms with Gasteiger partial charge in [0.25, 0.3) is 10.1 Å². The monoisotopic (exact) mass is 526 g/mol. The maximum atomic E-state index is 13.3. The van der Waals surface area contributed by atoms with E-state index in [4.69, 9.17) is 9.29 Å². The molecule has 1 heterocycles. The molecule has 0 amide bonds. The molecule has 7 nitrogen and oxygen atoms in total. The first-order valence-electron chi connectivity index (χ1n) is 10.5. The maximum Gasteiger partial charge on any atom is 0.573 e. The molecule has 0 spiro atoms. The van der Waals surface area contributed by atoms with Crippen molar-refractivity contribution in [1.82, 2.24) is 9.97 Å². The minimum atomic E-state index is -4.75. The SMILES string of the molecule is CCOC(c1ccc(OC(F)(F)F)cc1)c1nc2ccc(F)cc2[nH]1.Cc1ccc(S(=O)(=O)O)cc1. The van der Waals surface area contributed by atoms with E-state index in [0.717, 1.165) is 5.56 Å². The Balaban J connectivity index is 0.000000275. The fourth-order valence-corrected chi connectivity index (χ4v) is 3.66. The zero-order valence-electron chi connectivity index (χ0n) is 19.1. The number of rotatable bonds is 6. The summed E-state index contributed by atoms with van der Waals surface area (Å²) in [6.07, 6.45) is -5.37. The molecule has 12 heteroatoms. The first-order chi connectivity index (χ1) is 16.9. The molecule has 4 rings (SSSR count). The fraction of sp³-hybridized carbons (Fsp3) is 0.208. The standard InChI is InChI=1S/C17H14F4N2O2.C7H8O3S/c1-2-24-15(10-3-6-12(7-4-10)25-17(19,20)21)16-22-13-8-5-11(18)9-14(13)23-16;1-6-2-4-7(5-3-6)11(8,9)10/h3-9,15H,2H2,1H3,(H,22,23);2-5H,1H3,(H,8,9,10). The zero-order chi connectivity index (χ0) is 26.5. The number of hydrogen-bond donors (Lipinski definition) is 2. The molecule has 0 aliphatic rings. The van der Waals surface area contributed by atoms with Gasteiger partial charge in [-0.2, -0.15) is 8.42 Å². The molecule has 0 radical (unpaired) electrons. The Hall–Kier alpha value is -3.48. The van der Waals surface area contributed by atoms with Crippen LogP contribution in [0, 0.1) is 12.7 Å². The van der Waals surface area contributed by atoms with E-state index in [1.807, 2.05) is 6.92 Å². The van der Waals surface area contributed by atoms with Gasteiger partial charge in [0.15, 0.2) is 0 Å². The number of alkyl halides is 3. The Morgan fingerprint density at radius 1 is 1.03 bits per heavy atom. The van der Waals surface area contributed by atoms with Gasteiger partial charge >= 0.3 is 6.36 Å². The third-order valence-corrected chi connectivity index (χ3v) is 5.65. The van der Waals surface area contributed by atoms with Gasteiger partial charge in [0.1, 0.15) is 23.5 Å². The largest absolute Gasteiger partial charge is 0.573 e. The lowest BCUT2D eigenvalue weighted by atomic mass is 10.1. The lowest BCUT2D eigenvalue weighted by molar-refractivity contribution is -0.274. The van der Waals surface area contributed by atoms with Crippen molar-refractivity contribution in [2.45, 2.75) is 31.2 Å². The predicted molar refractivity (Wildman–Crippen MR) is 124 cm³/mol. The van der Waals surface area contributed by atoms with E-state index in [1.165, 1.54) is 54.6 Å². The highest BCUT2D eigenvalue weighted by molar-refractivity contribution is 7.85. The van der Waals surface area contributed by atoms with Crippen LogP contribution >= 0.6 is 0 Å². The summed E-state index contributed by atoms with van der Waals surface area (Å²) in [5.41, 5.74) is 2.63. The lowest BCUT2D eigenvalue weighted by Crippen LogP contribution is -2.17. The molecule has 1 aromatic heterocycles. The fourth-order valence-electron chi connectivity index (χ4n) is 3.18. The summed E-state index contributed by atoms with van der Waals surface area (Å²) >= 11 is 0. The summed E-state index contributed by atoms with van der Waals surface area (Å²) in [7, 11) is -4.02. The third kappa shape index (κ3) is 7.51. The number of halogens is 4. The van der Waals surface area contributed by atoms with Crippen LogP contribution in [0.3, 0.4) is 0 Å². The highest BCUT2D eigenvalue weighted by atomic mass is 32.2. The normalized spacial score (nSPS) is 12.6. The molecule has 0 bridgehead atoms. The van der Waals surface area contributed by atoms with E-state index < -0.39 is 28.4 Å². The molecule has 1 unspecified atom stereocenters. The van der Waals surface area contributed by atoms with Crippen molar-refractivity contribution in [1.29, 1.82) is 0 Å². The van der Waals surface area contributed by atoms with E-state index in [2.05, 4.69) is 14.7 Å². The number of aromatic nitrogens is 2. The molecule has 36 heavy (non-hydrogen) atoms. The van der Waals surface area contributed by atoms with E-state index in [1.54, 1.807) is 19.1 Å². The van der Waals surface area contributed by atoms with Gasteiger partial charge in [-0.3, -0.25) is 4.55 Å². The number of nitrogens with one attached hydrogen (secondary N) is 1. The number of ether oxygens (including phenoxy) is 2. The van der Waals surface area contributed by atoms with Gasteiger partial charge in [-0.1, -0.05) is 29.8 Å². The number of H-pyrrole nitrogens is 1. The molecular weight excluding hydrogens is 504 g/mol. The van der Waals surface area contributed by atoms with Gasteiger partial charge in [0.2, 0.25) is 0 Å². The van der Waals surface area contributed by atoms with Gasteiger partial charge in [0, 0.05) is 6.61 Å². The smallest absolute Gasteiger partial charge is 0.406 e. The number of aromatic amines is 1. The molecule has 1 atom stereocenters. The highest BCUT2D eigenvalue weighted by Gasteiger charge is 2.31. The molecule has 4 aromatic rings. The second-order valence-corrected chi connectivity index (χ2v) is 8.95. The number of aryl methyl sites for hydroxylation is 1. The maximum absolute atomic E-state index is 13.3. The molecule has 0 fully saturated rings. The van der Waals surface area contributed by atoms with E-state index in [-0.39, 0.29) is 10.6 Å². The molecule has 2 N–H and O–H groups in total. The van der Waals surface area contributed by atoms with E-state index >= 15 is 0 Å². The summed E-state index contributed by atoms with van der Waals surface area (Å²) in [4.78, 5) is 7.29. The number of fused-ring (bicyclic) bond motifs is 1. The zero-order valence-corrected chi connectivity index (χ0v) is 19.9. The van der Waals surface area contributed by atoms with Crippen molar-refractivity contribution >= 4 is 21.2 Å². The van der Waals surface area contributed by atoms with Crippen LogP contribution in [0.4, 0.5) is 17.6 Å². The van der Waals surface area contributed by atoms with Crippen LogP contribution in [-0.2, 0) is 14.9 Å². The van der Waals surface area contributed by atoms with Crippen molar-refractivity contribution in [2.24, 2.45) is 0 Å². The van der Waals surface area contributed by atoms with Crippen LogP contribution in [0.15, 0.2) is 71.6 Å². The van der Waals surface area contributed by atoms with Crippen molar-refractivity contribution in [3.05, 3.63) is 89.5 Å². The van der Waals surface area contributed by atoms with Crippen molar-refractivity contribution in [3.63, 3.8) is 0 Å². The predicted octanol–water partition coefficient (Wildman–Crippen LogP) is 5.97. The first kappa shape index (κ1) is 27.1. The minimum absolute atomic E-state index is 0.0666. The van der Waals surface area contributed by atoms with Gasteiger partial charge < -0.3 is 14.5 Å². The summed E-state index contributed by atoms with van der Waals surface area (Å²) in [6, 6.07) is 15.5. The second kappa shape index (κ2) is 11.1. The number of hydrogen-bond acceptors (Lipinski definition) is 5. The summed E-state index contributed by atoms with van der Waals surface area (Å²) < 4.78 is 89.1.